The van der Waals surface area contributed by atoms with Gasteiger partial charge in [-0.2, -0.15) is 8.78 Å². The molecule has 2 aromatic rings. The highest BCUT2D eigenvalue weighted by Crippen LogP contribution is 2.36. The minimum Gasteiger partial charge on any atom is -0.433 e. The number of halogens is 2. The number of fused-ring (bicyclic) bond motifs is 1. The zero-order valence-electron chi connectivity index (χ0n) is 18.7. The number of carbonyl (C=O) groups is 2. The van der Waals surface area contributed by atoms with E-state index in [0.29, 0.717) is 18.1 Å². The lowest BCUT2D eigenvalue weighted by atomic mass is 9.96. The average Bonchev–Trinajstić information content (AvgIpc) is 2.71. The van der Waals surface area contributed by atoms with Gasteiger partial charge in [0.25, 0.3) is 0 Å². The lowest BCUT2D eigenvalue weighted by molar-refractivity contribution is -0.158. The lowest BCUT2D eigenvalue weighted by Crippen LogP contribution is -2.49. The summed E-state index contributed by atoms with van der Waals surface area (Å²) in [5.74, 6) is -0.281. The third kappa shape index (κ3) is 5.93. The summed E-state index contributed by atoms with van der Waals surface area (Å²) in [4.78, 5) is 30.8. The van der Waals surface area contributed by atoms with Crippen LogP contribution in [0.2, 0.25) is 0 Å². The maximum Gasteiger partial charge on any atom is 0.394 e. The molecule has 3 N–H and O–H groups in total. The molecule has 9 nitrogen and oxygen atoms in total. The molecule has 2 heterocycles. The van der Waals surface area contributed by atoms with Crippen molar-refractivity contribution in [1.82, 2.24) is 10.3 Å². The van der Waals surface area contributed by atoms with Crippen LogP contribution in [0.3, 0.4) is 0 Å². The number of methoxy groups -OCH3 is 1. The number of benzene rings is 1. The number of aliphatic hydroxyl groups is 1. The van der Waals surface area contributed by atoms with Crippen LogP contribution in [0.5, 0.6) is 5.75 Å². The minimum absolute atomic E-state index is 0.0290. The quantitative estimate of drug-likeness (QED) is 0.580. The van der Waals surface area contributed by atoms with Crippen LogP contribution in [-0.4, -0.2) is 48.4 Å². The molecule has 0 fully saturated rings. The molecule has 0 spiro atoms. The molecule has 178 valence electrons. The largest absolute Gasteiger partial charge is 0.433 e. The summed E-state index contributed by atoms with van der Waals surface area (Å²) in [5, 5.41) is 15.9. The Labute approximate surface area is 189 Å². The van der Waals surface area contributed by atoms with Crippen molar-refractivity contribution in [1.29, 1.82) is 0 Å². The van der Waals surface area contributed by atoms with Crippen LogP contribution in [0.1, 0.15) is 37.9 Å². The lowest BCUT2D eigenvalue weighted by Gasteiger charge is -2.33. The zero-order valence-corrected chi connectivity index (χ0v) is 18.7. The summed E-state index contributed by atoms with van der Waals surface area (Å²) in [6.45, 7) is 3.56. The average molecular weight is 464 g/mol. The standard InChI is InChI=1S/C22H26F2N4O5/c1-21(2,31)15-9-10-25-19-18(15)27-17(29)11-28(19)20(30)26-16(12-32-4)13-5-7-14(8-6-13)33-22(3,23)24/h5-10,16,31H,11-12H2,1-4H3,(H,26,30)(H,27,29). The van der Waals surface area contributed by atoms with Gasteiger partial charge >= 0.3 is 12.1 Å². The Bertz CT molecular complexity index is 1020. The van der Waals surface area contributed by atoms with Crippen LogP contribution in [0.15, 0.2) is 36.5 Å². The van der Waals surface area contributed by atoms with Crippen molar-refractivity contribution in [3.05, 3.63) is 47.7 Å². The summed E-state index contributed by atoms with van der Waals surface area (Å²) in [6.07, 6.45) is -1.88. The minimum atomic E-state index is -3.32. The van der Waals surface area contributed by atoms with Crippen LogP contribution in [-0.2, 0) is 15.1 Å². The van der Waals surface area contributed by atoms with Gasteiger partial charge in [0.15, 0.2) is 5.82 Å². The van der Waals surface area contributed by atoms with Crippen LogP contribution in [0, 0.1) is 0 Å². The second-order valence-corrected chi connectivity index (χ2v) is 8.19. The molecule has 0 aliphatic carbocycles. The van der Waals surface area contributed by atoms with E-state index in [9.17, 15) is 23.5 Å². The maximum absolute atomic E-state index is 13.1. The molecule has 0 saturated carbocycles. The highest BCUT2D eigenvalue weighted by Gasteiger charge is 2.34. The monoisotopic (exact) mass is 464 g/mol. The van der Waals surface area contributed by atoms with Crippen molar-refractivity contribution < 1.29 is 33.0 Å². The number of rotatable bonds is 7. The molecule has 11 heteroatoms. The predicted molar refractivity (Wildman–Crippen MR) is 116 cm³/mol. The number of hydrogen-bond acceptors (Lipinski definition) is 6. The Morgan fingerprint density at radius 2 is 1.94 bits per heavy atom. The van der Waals surface area contributed by atoms with Crippen molar-refractivity contribution in [2.24, 2.45) is 0 Å². The van der Waals surface area contributed by atoms with E-state index in [1.165, 1.54) is 42.5 Å². The Balaban J connectivity index is 1.85. The third-order valence-corrected chi connectivity index (χ3v) is 4.87. The van der Waals surface area contributed by atoms with Gasteiger partial charge in [-0.3, -0.25) is 9.69 Å². The Hall–Kier alpha value is -3.31. The number of alkyl halides is 2. The molecule has 3 rings (SSSR count). The number of amides is 3. The molecule has 0 saturated heterocycles. The number of aromatic nitrogens is 1. The number of nitrogens with zero attached hydrogens (tertiary/aromatic N) is 2. The highest BCUT2D eigenvalue weighted by molar-refractivity contribution is 6.09. The summed E-state index contributed by atoms with van der Waals surface area (Å²) < 4.78 is 35.9. The van der Waals surface area contributed by atoms with Crippen molar-refractivity contribution in [3.8, 4) is 5.75 Å². The van der Waals surface area contributed by atoms with E-state index in [4.69, 9.17) is 4.74 Å². The van der Waals surface area contributed by atoms with Crippen LogP contribution in [0.25, 0.3) is 0 Å². The Kier molecular flexibility index (Phi) is 6.84. The first-order valence-electron chi connectivity index (χ1n) is 10.1. The fourth-order valence-corrected chi connectivity index (χ4v) is 3.44. The number of carbonyl (C=O) groups excluding carboxylic acids is 2. The molecule has 0 bridgehead atoms. The second kappa shape index (κ2) is 9.28. The molecular weight excluding hydrogens is 438 g/mol. The number of urea groups is 1. The van der Waals surface area contributed by atoms with E-state index in [1.807, 2.05) is 0 Å². The van der Waals surface area contributed by atoms with E-state index in [2.05, 4.69) is 20.4 Å². The van der Waals surface area contributed by atoms with Gasteiger partial charge in [0.05, 0.1) is 23.9 Å². The first kappa shape index (κ1) is 24.3. The van der Waals surface area contributed by atoms with Crippen molar-refractivity contribution in [2.75, 3.05) is 30.5 Å². The van der Waals surface area contributed by atoms with E-state index >= 15 is 0 Å². The predicted octanol–water partition coefficient (Wildman–Crippen LogP) is 3.16. The molecule has 1 atom stereocenters. The fraction of sp³-hybridized carbons (Fsp3) is 0.409. The van der Waals surface area contributed by atoms with Crippen molar-refractivity contribution in [2.45, 2.75) is 38.5 Å². The van der Waals surface area contributed by atoms with Gasteiger partial charge in [-0.15, -0.1) is 0 Å². The van der Waals surface area contributed by atoms with Gasteiger partial charge in [-0.05, 0) is 37.6 Å². The van der Waals surface area contributed by atoms with Gasteiger partial charge < -0.3 is 25.2 Å². The first-order chi connectivity index (χ1) is 15.4. The maximum atomic E-state index is 13.1. The molecule has 1 aromatic heterocycles. The first-order valence-corrected chi connectivity index (χ1v) is 10.1. The molecule has 1 aromatic carbocycles. The van der Waals surface area contributed by atoms with Crippen LogP contribution in [0.4, 0.5) is 25.1 Å². The van der Waals surface area contributed by atoms with Gasteiger partial charge in [-0.1, -0.05) is 12.1 Å². The fourth-order valence-electron chi connectivity index (χ4n) is 3.44. The number of ether oxygens (including phenoxy) is 2. The van der Waals surface area contributed by atoms with Gasteiger partial charge in [0.1, 0.15) is 12.3 Å². The van der Waals surface area contributed by atoms with Crippen LogP contribution >= 0.6 is 0 Å². The van der Waals surface area contributed by atoms with Gasteiger partial charge in [0, 0.05) is 25.8 Å². The van der Waals surface area contributed by atoms with E-state index in [1.54, 1.807) is 19.9 Å². The van der Waals surface area contributed by atoms with Gasteiger partial charge in [0.2, 0.25) is 5.91 Å². The normalized spacial score (nSPS) is 14.9. The van der Waals surface area contributed by atoms with Crippen molar-refractivity contribution in [3.63, 3.8) is 0 Å². The molecule has 3 amide bonds. The number of anilines is 2. The Morgan fingerprint density at radius 1 is 1.27 bits per heavy atom. The van der Waals surface area contributed by atoms with Gasteiger partial charge in [-0.25, -0.2) is 9.78 Å². The topological polar surface area (TPSA) is 113 Å². The summed E-state index contributed by atoms with van der Waals surface area (Å²) in [5.41, 5.74) is -0.0362. The molecule has 1 aliphatic heterocycles. The van der Waals surface area contributed by atoms with E-state index in [-0.39, 0.29) is 30.4 Å². The summed E-state index contributed by atoms with van der Waals surface area (Å²) in [6, 6.07) is 6.10. The molecular formula is C22H26F2N4O5. The summed E-state index contributed by atoms with van der Waals surface area (Å²) in [7, 11) is 1.45. The number of pyridine rings is 1. The van der Waals surface area contributed by atoms with Crippen molar-refractivity contribution >= 4 is 23.4 Å². The number of nitrogens with one attached hydrogen (secondary N) is 2. The van der Waals surface area contributed by atoms with E-state index < -0.39 is 29.7 Å². The highest BCUT2D eigenvalue weighted by atomic mass is 19.3. The molecule has 1 aliphatic rings. The Morgan fingerprint density at radius 3 is 2.52 bits per heavy atom. The zero-order chi connectivity index (χ0) is 24.4. The number of hydrogen-bond donors (Lipinski definition) is 3. The SMILES string of the molecule is COCC(NC(=O)N1CC(=O)Nc2c(C(C)(C)O)ccnc21)c1ccc(OC(C)(F)F)cc1. The third-order valence-electron chi connectivity index (χ3n) is 4.87. The molecule has 0 radical (unpaired) electrons. The molecule has 33 heavy (non-hydrogen) atoms. The smallest absolute Gasteiger partial charge is 0.394 e. The second-order valence-electron chi connectivity index (χ2n) is 8.19. The summed E-state index contributed by atoms with van der Waals surface area (Å²) >= 11 is 0. The van der Waals surface area contributed by atoms with E-state index in [0.717, 1.165) is 0 Å². The van der Waals surface area contributed by atoms with Crippen LogP contribution < -0.4 is 20.3 Å². The molecule has 1 unspecified atom stereocenters.